The van der Waals surface area contributed by atoms with Gasteiger partial charge in [-0.05, 0) is 12.8 Å². The maximum absolute atomic E-state index is 10.4. The Morgan fingerprint density at radius 3 is 2.18 bits per heavy atom. The van der Waals surface area contributed by atoms with Crippen LogP contribution >= 0.6 is 0 Å². The summed E-state index contributed by atoms with van der Waals surface area (Å²) in [5.74, 6) is -0.579. The minimum atomic E-state index is -0.851. The molecule has 2 unspecified atom stereocenters. The van der Waals surface area contributed by atoms with Gasteiger partial charge in [0.2, 0.25) is 0 Å². The standard InChI is InChI=1S/C7H12O3.Na/c1-4(2)7(3)5(10-7)6(8)9;/h4-5H,1-3H3,(H,8,9);/q;+1. The van der Waals surface area contributed by atoms with Crippen molar-refractivity contribution in [3.63, 3.8) is 0 Å². The van der Waals surface area contributed by atoms with Crippen LogP contribution in [0.4, 0.5) is 0 Å². The number of carbonyl (C=O) groups is 1. The Morgan fingerprint density at radius 2 is 2.09 bits per heavy atom. The molecule has 1 heterocycles. The van der Waals surface area contributed by atoms with Crippen LogP contribution in [0.5, 0.6) is 0 Å². The molecule has 0 aromatic rings. The summed E-state index contributed by atoms with van der Waals surface area (Å²) < 4.78 is 5.03. The van der Waals surface area contributed by atoms with Gasteiger partial charge in [0.05, 0.1) is 0 Å². The van der Waals surface area contributed by atoms with E-state index in [1.165, 1.54) is 0 Å². The molecule has 0 amide bonds. The molecule has 1 rings (SSSR count). The SMILES string of the molecule is CC(C)C1(C)OC1C(=O)O.[Na+]. The molecule has 0 radical (unpaired) electrons. The van der Waals surface area contributed by atoms with E-state index in [9.17, 15) is 4.79 Å². The number of carboxylic acids is 1. The molecule has 1 saturated heterocycles. The average molecular weight is 167 g/mol. The Labute approximate surface area is 88.4 Å². The second-order valence-electron chi connectivity index (χ2n) is 3.17. The third kappa shape index (κ3) is 1.96. The maximum atomic E-state index is 10.4. The van der Waals surface area contributed by atoms with Crippen LogP contribution < -0.4 is 29.6 Å². The average Bonchev–Trinajstić information content (AvgIpc) is 2.43. The quantitative estimate of drug-likeness (QED) is 0.378. The summed E-state index contributed by atoms with van der Waals surface area (Å²) in [6.07, 6.45) is -0.576. The third-order valence-electron chi connectivity index (χ3n) is 2.21. The number of hydrogen-bond donors (Lipinski definition) is 1. The van der Waals surface area contributed by atoms with Crippen molar-refractivity contribution in [2.24, 2.45) is 5.92 Å². The van der Waals surface area contributed by atoms with Crippen LogP contribution in [0.2, 0.25) is 0 Å². The second-order valence-corrected chi connectivity index (χ2v) is 3.17. The molecular formula is C7H12NaO3+. The van der Waals surface area contributed by atoms with E-state index >= 15 is 0 Å². The first kappa shape index (κ1) is 11.4. The fourth-order valence-electron chi connectivity index (χ4n) is 0.954. The number of hydrogen-bond acceptors (Lipinski definition) is 2. The number of aliphatic carboxylic acids is 1. The van der Waals surface area contributed by atoms with Gasteiger partial charge in [-0.2, -0.15) is 0 Å². The topological polar surface area (TPSA) is 49.8 Å². The van der Waals surface area contributed by atoms with Gasteiger partial charge >= 0.3 is 35.5 Å². The minimum Gasteiger partial charge on any atom is -0.479 e. The van der Waals surface area contributed by atoms with Gasteiger partial charge in [-0.15, -0.1) is 0 Å². The third-order valence-corrected chi connectivity index (χ3v) is 2.21. The molecule has 0 aliphatic carbocycles. The fraction of sp³-hybridized carbons (Fsp3) is 0.857. The van der Waals surface area contributed by atoms with Crippen molar-refractivity contribution in [2.45, 2.75) is 32.5 Å². The first-order valence-corrected chi connectivity index (χ1v) is 3.39. The molecule has 11 heavy (non-hydrogen) atoms. The number of ether oxygens (including phenoxy) is 1. The summed E-state index contributed by atoms with van der Waals surface area (Å²) in [7, 11) is 0. The summed E-state index contributed by atoms with van der Waals surface area (Å²) >= 11 is 0. The molecule has 1 aliphatic rings. The zero-order chi connectivity index (χ0) is 7.94. The van der Waals surface area contributed by atoms with Crippen molar-refractivity contribution < 1.29 is 44.2 Å². The molecule has 3 nitrogen and oxygen atoms in total. The van der Waals surface area contributed by atoms with Gasteiger partial charge in [0.1, 0.15) is 5.60 Å². The van der Waals surface area contributed by atoms with Gasteiger partial charge in [-0.1, -0.05) is 13.8 Å². The Balaban J connectivity index is 0.000001000. The van der Waals surface area contributed by atoms with E-state index in [-0.39, 0.29) is 35.5 Å². The monoisotopic (exact) mass is 167 g/mol. The van der Waals surface area contributed by atoms with Crippen molar-refractivity contribution in [2.75, 3.05) is 0 Å². The van der Waals surface area contributed by atoms with Crippen LogP contribution in [0, 0.1) is 5.92 Å². The smallest absolute Gasteiger partial charge is 0.479 e. The summed E-state index contributed by atoms with van der Waals surface area (Å²) in [6, 6.07) is 0. The summed E-state index contributed by atoms with van der Waals surface area (Å²) in [4.78, 5) is 10.4. The predicted octanol–water partition coefficient (Wildman–Crippen LogP) is -2.11. The number of rotatable bonds is 2. The largest absolute Gasteiger partial charge is 1.00 e. The number of epoxide rings is 1. The number of carboxylic acid groups (broad SMARTS) is 1. The summed E-state index contributed by atoms with van der Waals surface area (Å²) in [5, 5.41) is 8.51. The van der Waals surface area contributed by atoms with E-state index in [4.69, 9.17) is 9.84 Å². The van der Waals surface area contributed by atoms with Crippen LogP contribution in [-0.4, -0.2) is 22.8 Å². The molecule has 2 atom stereocenters. The van der Waals surface area contributed by atoms with Gasteiger partial charge in [0.25, 0.3) is 0 Å². The molecule has 1 N–H and O–H groups in total. The molecule has 1 aliphatic heterocycles. The van der Waals surface area contributed by atoms with Gasteiger partial charge in [0, 0.05) is 0 Å². The van der Waals surface area contributed by atoms with E-state index in [2.05, 4.69) is 0 Å². The summed E-state index contributed by atoms with van der Waals surface area (Å²) in [6.45, 7) is 5.75. The van der Waals surface area contributed by atoms with Gasteiger partial charge in [-0.25, -0.2) is 4.79 Å². The van der Waals surface area contributed by atoms with Crippen molar-refractivity contribution in [1.29, 1.82) is 0 Å². The Bertz CT molecular complexity index is 169. The normalized spacial score (nSPS) is 34.7. The molecule has 0 bridgehead atoms. The van der Waals surface area contributed by atoms with Gasteiger partial charge in [0.15, 0.2) is 6.10 Å². The van der Waals surface area contributed by atoms with E-state index < -0.39 is 17.7 Å². The van der Waals surface area contributed by atoms with Crippen molar-refractivity contribution in [3.8, 4) is 0 Å². The van der Waals surface area contributed by atoms with Crippen LogP contribution in [0.15, 0.2) is 0 Å². The predicted molar refractivity (Wildman–Crippen MR) is 35.8 cm³/mol. The van der Waals surface area contributed by atoms with Crippen LogP contribution in [-0.2, 0) is 9.53 Å². The molecule has 0 aromatic heterocycles. The zero-order valence-corrected chi connectivity index (χ0v) is 9.42. The Hall–Kier alpha value is 0.430. The maximum Gasteiger partial charge on any atom is 1.00 e. The van der Waals surface area contributed by atoms with E-state index in [0.29, 0.717) is 0 Å². The van der Waals surface area contributed by atoms with Crippen LogP contribution in [0.3, 0.4) is 0 Å². The Morgan fingerprint density at radius 1 is 1.64 bits per heavy atom. The summed E-state index contributed by atoms with van der Waals surface area (Å²) in [5.41, 5.74) is -0.411. The molecule has 0 saturated carbocycles. The molecule has 1 fully saturated rings. The Kier molecular flexibility index (Phi) is 3.57. The van der Waals surface area contributed by atoms with Crippen molar-refractivity contribution in [3.05, 3.63) is 0 Å². The second kappa shape index (κ2) is 3.44. The first-order chi connectivity index (χ1) is 4.48. The first-order valence-electron chi connectivity index (χ1n) is 3.39. The van der Waals surface area contributed by atoms with Crippen molar-refractivity contribution >= 4 is 5.97 Å². The van der Waals surface area contributed by atoms with Gasteiger partial charge in [-0.3, -0.25) is 0 Å². The van der Waals surface area contributed by atoms with E-state index in [1.807, 2.05) is 20.8 Å². The molecule has 4 heteroatoms. The zero-order valence-electron chi connectivity index (χ0n) is 7.42. The minimum absolute atomic E-state index is 0. The molecule has 0 aromatic carbocycles. The fourth-order valence-corrected chi connectivity index (χ4v) is 0.954. The molecule has 58 valence electrons. The molecule has 0 spiro atoms. The molecular weight excluding hydrogens is 155 g/mol. The van der Waals surface area contributed by atoms with E-state index in [0.717, 1.165) is 0 Å². The van der Waals surface area contributed by atoms with Gasteiger partial charge < -0.3 is 9.84 Å². The van der Waals surface area contributed by atoms with Crippen molar-refractivity contribution in [1.82, 2.24) is 0 Å². The van der Waals surface area contributed by atoms with Crippen LogP contribution in [0.1, 0.15) is 20.8 Å². The van der Waals surface area contributed by atoms with Crippen LogP contribution in [0.25, 0.3) is 0 Å². The van der Waals surface area contributed by atoms with E-state index in [1.54, 1.807) is 0 Å².